The van der Waals surface area contributed by atoms with Crippen molar-refractivity contribution in [3.63, 3.8) is 0 Å². The SMILES string of the molecule is Cc1cccc(-n2ccn(CC3CCN(c4ncc(C(=O)NO)cn4)CC3)c2=O)c1. The molecule has 1 aliphatic heterocycles. The lowest BCUT2D eigenvalue weighted by Gasteiger charge is -2.31. The van der Waals surface area contributed by atoms with Crippen LogP contribution in [0.1, 0.15) is 28.8 Å². The normalized spacial score (nSPS) is 14.7. The average Bonchev–Trinajstić information content (AvgIpc) is 3.14. The molecule has 9 nitrogen and oxygen atoms in total. The number of anilines is 1. The molecule has 30 heavy (non-hydrogen) atoms. The fourth-order valence-electron chi connectivity index (χ4n) is 3.79. The van der Waals surface area contributed by atoms with Gasteiger partial charge in [0.05, 0.1) is 11.3 Å². The van der Waals surface area contributed by atoms with E-state index in [1.54, 1.807) is 14.6 Å². The van der Waals surface area contributed by atoms with Crippen LogP contribution in [-0.4, -0.2) is 43.3 Å². The molecule has 1 saturated heterocycles. The van der Waals surface area contributed by atoms with Gasteiger partial charge < -0.3 is 4.90 Å². The van der Waals surface area contributed by atoms with Crippen molar-refractivity contribution in [1.82, 2.24) is 24.6 Å². The van der Waals surface area contributed by atoms with Crippen molar-refractivity contribution in [1.29, 1.82) is 0 Å². The van der Waals surface area contributed by atoms with E-state index in [4.69, 9.17) is 5.21 Å². The maximum atomic E-state index is 12.8. The number of piperidine rings is 1. The zero-order chi connectivity index (χ0) is 21.1. The summed E-state index contributed by atoms with van der Waals surface area (Å²) >= 11 is 0. The number of hydrogen-bond donors (Lipinski definition) is 2. The fourth-order valence-corrected chi connectivity index (χ4v) is 3.79. The molecule has 0 bridgehead atoms. The van der Waals surface area contributed by atoms with Crippen LogP contribution in [0.25, 0.3) is 5.69 Å². The highest BCUT2D eigenvalue weighted by molar-refractivity contribution is 5.92. The first-order chi connectivity index (χ1) is 14.5. The Morgan fingerprint density at radius 2 is 1.93 bits per heavy atom. The maximum Gasteiger partial charge on any atom is 0.332 e. The first kappa shape index (κ1) is 19.8. The fraction of sp³-hybridized carbons (Fsp3) is 0.333. The number of amides is 1. The number of benzene rings is 1. The van der Waals surface area contributed by atoms with Gasteiger partial charge in [0.1, 0.15) is 0 Å². The summed E-state index contributed by atoms with van der Waals surface area (Å²) in [6.07, 6.45) is 8.31. The molecule has 9 heteroatoms. The van der Waals surface area contributed by atoms with Crippen LogP contribution in [0, 0.1) is 12.8 Å². The number of hydroxylamine groups is 1. The first-order valence-corrected chi connectivity index (χ1v) is 9.91. The van der Waals surface area contributed by atoms with Crippen LogP contribution in [0.3, 0.4) is 0 Å². The van der Waals surface area contributed by atoms with Crippen LogP contribution < -0.4 is 16.1 Å². The van der Waals surface area contributed by atoms with Crippen LogP contribution in [0.2, 0.25) is 0 Å². The Morgan fingerprint density at radius 3 is 2.60 bits per heavy atom. The van der Waals surface area contributed by atoms with Gasteiger partial charge in [-0.25, -0.2) is 20.2 Å². The summed E-state index contributed by atoms with van der Waals surface area (Å²) < 4.78 is 3.46. The molecule has 1 aliphatic rings. The molecule has 0 aliphatic carbocycles. The van der Waals surface area contributed by atoms with Gasteiger partial charge in [0, 0.05) is 44.4 Å². The lowest BCUT2D eigenvalue weighted by Crippen LogP contribution is -2.37. The topological polar surface area (TPSA) is 105 Å². The maximum absolute atomic E-state index is 12.8. The number of nitrogens with zero attached hydrogens (tertiary/aromatic N) is 5. The van der Waals surface area contributed by atoms with E-state index in [-0.39, 0.29) is 11.3 Å². The predicted octanol–water partition coefficient (Wildman–Crippen LogP) is 1.77. The molecule has 156 valence electrons. The summed E-state index contributed by atoms with van der Waals surface area (Å²) in [4.78, 5) is 34.7. The summed E-state index contributed by atoms with van der Waals surface area (Å²) in [5.41, 5.74) is 3.74. The van der Waals surface area contributed by atoms with Gasteiger partial charge in [0.15, 0.2) is 0 Å². The molecular formula is C21H24N6O3. The molecular weight excluding hydrogens is 384 g/mol. The van der Waals surface area contributed by atoms with E-state index < -0.39 is 5.91 Å². The van der Waals surface area contributed by atoms with Crippen molar-refractivity contribution in [2.45, 2.75) is 26.3 Å². The van der Waals surface area contributed by atoms with E-state index in [2.05, 4.69) is 14.9 Å². The molecule has 0 atom stereocenters. The van der Waals surface area contributed by atoms with Gasteiger partial charge >= 0.3 is 5.69 Å². The molecule has 4 rings (SSSR count). The number of aryl methyl sites for hydroxylation is 1. The number of carbonyl (C=O) groups excluding carboxylic acids is 1. The molecule has 0 spiro atoms. The summed E-state index contributed by atoms with van der Waals surface area (Å²) in [7, 11) is 0. The number of aromatic nitrogens is 4. The summed E-state index contributed by atoms with van der Waals surface area (Å²) in [5.74, 6) is 0.320. The van der Waals surface area contributed by atoms with Crippen LogP contribution >= 0.6 is 0 Å². The van der Waals surface area contributed by atoms with Crippen molar-refractivity contribution in [2.75, 3.05) is 18.0 Å². The van der Waals surface area contributed by atoms with Gasteiger partial charge in [-0.05, 0) is 43.4 Å². The average molecular weight is 408 g/mol. The Kier molecular flexibility index (Phi) is 5.62. The zero-order valence-corrected chi connectivity index (χ0v) is 16.7. The second-order valence-electron chi connectivity index (χ2n) is 7.59. The van der Waals surface area contributed by atoms with Crippen LogP contribution in [0.5, 0.6) is 0 Å². The van der Waals surface area contributed by atoms with E-state index in [1.807, 2.05) is 43.6 Å². The van der Waals surface area contributed by atoms with Crippen molar-refractivity contribution < 1.29 is 10.0 Å². The number of hydrogen-bond acceptors (Lipinski definition) is 6. The molecule has 1 aromatic carbocycles. The van der Waals surface area contributed by atoms with Gasteiger partial charge in [-0.2, -0.15) is 0 Å². The number of nitrogens with one attached hydrogen (secondary N) is 1. The molecule has 3 aromatic rings. The molecule has 1 fully saturated rings. The predicted molar refractivity (Wildman–Crippen MR) is 111 cm³/mol. The molecule has 1 amide bonds. The van der Waals surface area contributed by atoms with Gasteiger partial charge in [-0.3, -0.25) is 19.1 Å². The minimum atomic E-state index is -0.636. The monoisotopic (exact) mass is 408 g/mol. The molecule has 0 unspecified atom stereocenters. The van der Waals surface area contributed by atoms with E-state index >= 15 is 0 Å². The lowest BCUT2D eigenvalue weighted by atomic mass is 9.97. The van der Waals surface area contributed by atoms with E-state index in [0.717, 1.165) is 37.2 Å². The second kappa shape index (κ2) is 8.50. The van der Waals surface area contributed by atoms with Gasteiger partial charge in [0.2, 0.25) is 5.95 Å². The van der Waals surface area contributed by atoms with Gasteiger partial charge in [-0.15, -0.1) is 0 Å². The number of carbonyl (C=O) groups is 1. The summed E-state index contributed by atoms with van der Waals surface area (Å²) in [5, 5.41) is 8.66. The quantitative estimate of drug-likeness (QED) is 0.492. The van der Waals surface area contributed by atoms with Crippen molar-refractivity contribution in [3.05, 3.63) is 70.7 Å². The highest BCUT2D eigenvalue weighted by Gasteiger charge is 2.22. The highest BCUT2D eigenvalue weighted by Crippen LogP contribution is 2.22. The minimum absolute atomic E-state index is 0.0240. The number of rotatable bonds is 5. The van der Waals surface area contributed by atoms with E-state index in [0.29, 0.717) is 18.4 Å². The number of imidazole rings is 1. The largest absolute Gasteiger partial charge is 0.341 e. The minimum Gasteiger partial charge on any atom is -0.341 e. The van der Waals surface area contributed by atoms with Crippen LogP contribution in [0.15, 0.2) is 53.8 Å². The third kappa shape index (κ3) is 4.11. The Balaban J connectivity index is 1.37. The Morgan fingerprint density at radius 1 is 1.20 bits per heavy atom. The standard InChI is InChI=1S/C21H24N6O3/c1-15-3-2-4-18(11-15)27-10-9-26(21(27)29)14-16-5-7-25(8-6-16)20-22-12-17(13-23-20)19(28)24-30/h2-4,9-13,16,30H,5-8,14H2,1H3,(H,24,28). The molecule has 0 saturated carbocycles. The van der Waals surface area contributed by atoms with E-state index in [1.165, 1.54) is 12.4 Å². The third-order valence-corrected chi connectivity index (χ3v) is 5.48. The van der Waals surface area contributed by atoms with Gasteiger partial charge in [-0.1, -0.05) is 12.1 Å². The second-order valence-corrected chi connectivity index (χ2v) is 7.59. The summed E-state index contributed by atoms with van der Waals surface area (Å²) in [6.45, 7) is 4.26. The molecule has 3 heterocycles. The zero-order valence-electron chi connectivity index (χ0n) is 16.7. The molecule has 2 aromatic heterocycles. The summed E-state index contributed by atoms with van der Waals surface area (Å²) in [6, 6.07) is 7.90. The smallest absolute Gasteiger partial charge is 0.332 e. The highest BCUT2D eigenvalue weighted by atomic mass is 16.5. The van der Waals surface area contributed by atoms with Crippen LogP contribution in [-0.2, 0) is 6.54 Å². The lowest BCUT2D eigenvalue weighted by molar-refractivity contribution is 0.0705. The van der Waals surface area contributed by atoms with Gasteiger partial charge in [0.25, 0.3) is 5.91 Å². The van der Waals surface area contributed by atoms with Crippen LogP contribution in [0.4, 0.5) is 5.95 Å². The van der Waals surface area contributed by atoms with Crippen molar-refractivity contribution >= 4 is 11.9 Å². The first-order valence-electron chi connectivity index (χ1n) is 9.91. The Hall–Kier alpha value is -3.46. The van der Waals surface area contributed by atoms with Crippen molar-refractivity contribution in [3.8, 4) is 5.69 Å². The Bertz CT molecular complexity index is 1080. The third-order valence-electron chi connectivity index (χ3n) is 5.48. The van der Waals surface area contributed by atoms with E-state index in [9.17, 15) is 9.59 Å². The Labute approximate surface area is 173 Å². The van der Waals surface area contributed by atoms with Crippen molar-refractivity contribution in [2.24, 2.45) is 5.92 Å². The molecule has 2 N–H and O–H groups in total. The molecule has 0 radical (unpaired) electrons.